The molecule has 1 saturated heterocycles. The van der Waals surface area contributed by atoms with E-state index in [1.165, 1.54) is 0 Å². The molecule has 6 heteroatoms. The van der Waals surface area contributed by atoms with Gasteiger partial charge in [-0.1, -0.05) is 13.3 Å². The van der Waals surface area contributed by atoms with Crippen LogP contribution in [0.25, 0.3) is 10.8 Å². The molecule has 3 heterocycles. The molecule has 25 heavy (non-hydrogen) atoms. The minimum atomic E-state index is 0.0113. The summed E-state index contributed by atoms with van der Waals surface area (Å²) < 4.78 is 11.7. The fourth-order valence-corrected chi connectivity index (χ4v) is 3.77. The van der Waals surface area contributed by atoms with Crippen LogP contribution in [-0.4, -0.2) is 30.1 Å². The summed E-state index contributed by atoms with van der Waals surface area (Å²) in [5.74, 6) is 1.56. The van der Waals surface area contributed by atoms with Crippen molar-refractivity contribution in [2.24, 2.45) is 5.92 Å². The molecule has 0 aliphatic carbocycles. The second kappa shape index (κ2) is 6.25. The highest BCUT2D eigenvalue weighted by Gasteiger charge is 2.32. The van der Waals surface area contributed by atoms with Crippen molar-refractivity contribution >= 4 is 16.7 Å². The molecule has 0 spiro atoms. The zero-order valence-electron chi connectivity index (χ0n) is 14.0. The quantitative estimate of drug-likeness (QED) is 0.926. The van der Waals surface area contributed by atoms with Crippen LogP contribution in [0.15, 0.2) is 18.3 Å². The lowest BCUT2D eigenvalue weighted by atomic mass is 9.98. The molecule has 1 amide bonds. The topological polar surface area (TPSA) is 84.2 Å². The second-order valence-corrected chi connectivity index (χ2v) is 6.51. The average molecular weight is 337 g/mol. The SMILES string of the molecule is CC[C@@H]1CC(=O)N[C@@H]1COc1nccc2cc(C#N)c3c(c12)CCO3. The number of carbonyl (C=O) groups excluding carboxylic acids is 1. The molecular formula is C19H19N3O3. The van der Waals surface area contributed by atoms with Crippen LogP contribution in [0.2, 0.25) is 0 Å². The van der Waals surface area contributed by atoms with E-state index in [1.807, 2.05) is 12.1 Å². The number of benzene rings is 1. The lowest BCUT2D eigenvalue weighted by molar-refractivity contribution is -0.119. The van der Waals surface area contributed by atoms with Crippen LogP contribution < -0.4 is 14.8 Å². The van der Waals surface area contributed by atoms with E-state index in [9.17, 15) is 10.1 Å². The molecule has 0 radical (unpaired) electrons. The molecule has 0 bridgehead atoms. The number of pyridine rings is 1. The number of hydrogen-bond acceptors (Lipinski definition) is 5. The van der Waals surface area contributed by atoms with Gasteiger partial charge in [-0.2, -0.15) is 5.26 Å². The van der Waals surface area contributed by atoms with Gasteiger partial charge < -0.3 is 14.8 Å². The summed E-state index contributed by atoms with van der Waals surface area (Å²) >= 11 is 0. The van der Waals surface area contributed by atoms with Crippen LogP contribution >= 0.6 is 0 Å². The van der Waals surface area contributed by atoms with E-state index in [0.29, 0.717) is 42.7 Å². The molecule has 1 N–H and O–H groups in total. The number of aromatic nitrogens is 1. The molecule has 1 aromatic heterocycles. The summed E-state index contributed by atoms with van der Waals surface area (Å²) in [6.45, 7) is 3.04. The van der Waals surface area contributed by atoms with Crippen LogP contribution in [0.1, 0.15) is 30.9 Å². The third kappa shape index (κ3) is 2.66. The largest absolute Gasteiger partial charge is 0.492 e. The Morgan fingerprint density at radius 1 is 1.52 bits per heavy atom. The van der Waals surface area contributed by atoms with Crippen molar-refractivity contribution in [3.05, 3.63) is 29.5 Å². The van der Waals surface area contributed by atoms with Gasteiger partial charge in [-0.3, -0.25) is 4.79 Å². The van der Waals surface area contributed by atoms with Gasteiger partial charge in [0.15, 0.2) is 0 Å². The van der Waals surface area contributed by atoms with E-state index in [2.05, 4.69) is 23.3 Å². The summed E-state index contributed by atoms with van der Waals surface area (Å²) in [5.41, 5.74) is 1.53. The van der Waals surface area contributed by atoms with Gasteiger partial charge in [-0.05, 0) is 23.4 Å². The molecule has 0 saturated carbocycles. The molecule has 6 nitrogen and oxygen atoms in total. The highest BCUT2D eigenvalue weighted by atomic mass is 16.5. The van der Waals surface area contributed by atoms with Crippen molar-refractivity contribution in [1.82, 2.24) is 10.3 Å². The molecule has 2 atom stereocenters. The first-order chi connectivity index (χ1) is 12.2. The number of amides is 1. The van der Waals surface area contributed by atoms with Gasteiger partial charge >= 0.3 is 0 Å². The van der Waals surface area contributed by atoms with Gasteiger partial charge in [0.25, 0.3) is 0 Å². The summed E-state index contributed by atoms with van der Waals surface area (Å²) in [7, 11) is 0. The maximum atomic E-state index is 11.6. The van der Waals surface area contributed by atoms with Gasteiger partial charge in [0.05, 0.1) is 23.6 Å². The van der Waals surface area contributed by atoms with E-state index >= 15 is 0 Å². The Labute approximate surface area is 145 Å². The van der Waals surface area contributed by atoms with Crippen molar-refractivity contribution in [1.29, 1.82) is 5.26 Å². The summed E-state index contributed by atoms with van der Waals surface area (Å²) in [5, 5.41) is 14.2. The highest BCUT2D eigenvalue weighted by molar-refractivity contribution is 5.94. The van der Waals surface area contributed by atoms with E-state index in [4.69, 9.17) is 9.47 Å². The lowest BCUT2D eigenvalue weighted by Gasteiger charge is -2.18. The summed E-state index contributed by atoms with van der Waals surface area (Å²) in [6, 6.07) is 5.91. The van der Waals surface area contributed by atoms with Gasteiger partial charge in [0.2, 0.25) is 11.8 Å². The minimum absolute atomic E-state index is 0.0113. The molecule has 1 fully saturated rings. The minimum Gasteiger partial charge on any atom is -0.492 e. The maximum absolute atomic E-state index is 11.6. The number of nitrogens with one attached hydrogen (secondary N) is 1. The molecule has 1 aromatic carbocycles. The number of carbonyl (C=O) groups is 1. The molecule has 4 rings (SSSR count). The Kier molecular flexibility index (Phi) is 3.92. The predicted molar refractivity (Wildman–Crippen MR) is 91.5 cm³/mol. The van der Waals surface area contributed by atoms with Crippen molar-refractivity contribution < 1.29 is 14.3 Å². The molecule has 2 aliphatic rings. The van der Waals surface area contributed by atoms with Crippen molar-refractivity contribution in [2.75, 3.05) is 13.2 Å². The Morgan fingerprint density at radius 3 is 3.20 bits per heavy atom. The number of fused-ring (bicyclic) bond motifs is 3. The fourth-order valence-electron chi connectivity index (χ4n) is 3.77. The van der Waals surface area contributed by atoms with Gasteiger partial charge in [-0.15, -0.1) is 0 Å². The Hall–Kier alpha value is -2.81. The average Bonchev–Trinajstić information content (AvgIpc) is 3.25. The monoisotopic (exact) mass is 337 g/mol. The first-order valence-corrected chi connectivity index (χ1v) is 8.61. The summed E-state index contributed by atoms with van der Waals surface area (Å²) in [4.78, 5) is 16.0. The first kappa shape index (κ1) is 15.7. The highest BCUT2D eigenvalue weighted by Crippen LogP contribution is 2.39. The number of nitrogens with zero attached hydrogens (tertiary/aromatic N) is 2. The second-order valence-electron chi connectivity index (χ2n) is 6.51. The van der Waals surface area contributed by atoms with E-state index in [-0.39, 0.29) is 11.9 Å². The molecule has 128 valence electrons. The van der Waals surface area contributed by atoms with E-state index in [0.717, 1.165) is 29.2 Å². The smallest absolute Gasteiger partial charge is 0.221 e. The lowest BCUT2D eigenvalue weighted by Crippen LogP contribution is -2.34. The third-order valence-electron chi connectivity index (χ3n) is 5.07. The Bertz CT molecular complexity index is 888. The van der Waals surface area contributed by atoms with Gasteiger partial charge in [0.1, 0.15) is 18.4 Å². The van der Waals surface area contributed by atoms with Crippen LogP contribution in [0.3, 0.4) is 0 Å². The number of rotatable bonds is 4. The Morgan fingerprint density at radius 2 is 2.40 bits per heavy atom. The van der Waals surface area contributed by atoms with Crippen molar-refractivity contribution in [3.63, 3.8) is 0 Å². The van der Waals surface area contributed by atoms with Crippen LogP contribution in [-0.2, 0) is 11.2 Å². The molecule has 2 aliphatic heterocycles. The van der Waals surface area contributed by atoms with E-state index < -0.39 is 0 Å². The number of hydrogen-bond donors (Lipinski definition) is 1. The number of nitriles is 1. The normalized spacial score (nSPS) is 21.5. The van der Waals surface area contributed by atoms with Gasteiger partial charge in [-0.25, -0.2) is 4.98 Å². The standard InChI is InChI=1S/C19H19N3O3/c1-2-11-8-16(23)22-15(11)10-25-19-17-12(3-5-21-19)7-13(9-20)18-14(17)4-6-24-18/h3,5,7,11,15H,2,4,6,8,10H2,1H3,(H,22,23)/t11-,15-/m1/s1. The van der Waals surface area contributed by atoms with Crippen LogP contribution in [0.4, 0.5) is 0 Å². The third-order valence-corrected chi connectivity index (χ3v) is 5.07. The summed E-state index contributed by atoms with van der Waals surface area (Å²) in [6.07, 6.45) is 3.92. The fraction of sp³-hybridized carbons (Fsp3) is 0.421. The van der Waals surface area contributed by atoms with E-state index in [1.54, 1.807) is 6.20 Å². The molecular weight excluding hydrogens is 318 g/mol. The maximum Gasteiger partial charge on any atom is 0.221 e. The van der Waals surface area contributed by atoms with Crippen LogP contribution in [0.5, 0.6) is 11.6 Å². The zero-order valence-corrected chi connectivity index (χ0v) is 14.0. The molecule has 0 unspecified atom stereocenters. The van der Waals surface area contributed by atoms with Crippen LogP contribution in [0, 0.1) is 17.2 Å². The van der Waals surface area contributed by atoms with Gasteiger partial charge in [0, 0.05) is 24.6 Å². The zero-order chi connectivity index (χ0) is 17.4. The molecule has 2 aromatic rings. The van der Waals surface area contributed by atoms with Crippen molar-refractivity contribution in [3.8, 4) is 17.7 Å². The Balaban J connectivity index is 1.68. The predicted octanol–water partition coefficient (Wildman–Crippen LogP) is 2.33. The number of ether oxygens (including phenoxy) is 2. The first-order valence-electron chi connectivity index (χ1n) is 8.61. The van der Waals surface area contributed by atoms with Crippen molar-refractivity contribution in [2.45, 2.75) is 32.2 Å².